The molecule has 0 atom stereocenters. The van der Waals surface area contributed by atoms with Gasteiger partial charge in [0.15, 0.2) is 0 Å². The Morgan fingerprint density at radius 1 is 1.10 bits per heavy atom. The fourth-order valence-corrected chi connectivity index (χ4v) is 3.14. The van der Waals surface area contributed by atoms with Gasteiger partial charge < -0.3 is 9.80 Å². The number of piperazine rings is 1. The van der Waals surface area contributed by atoms with E-state index in [4.69, 9.17) is 5.26 Å². The lowest BCUT2D eigenvalue weighted by molar-refractivity contribution is -0.134. The van der Waals surface area contributed by atoms with Crippen molar-refractivity contribution < 1.29 is 4.79 Å². The third kappa shape index (κ3) is 4.19. The van der Waals surface area contributed by atoms with Crippen LogP contribution in [0.5, 0.6) is 0 Å². The Hall–Kier alpha value is -1.12. The first-order valence-electron chi connectivity index (χ1n) is 7.82. The van der Waals surface area contributed by atoms with Crippen LogP contribution in [0, 0.1) is 17.2 Å². The molecule has 2 heterocycles. The summed E-state index contributed by atoms with van der Waals surface area (Å²) in [5.74, 6) is 0.848. The highest BCUT2D eigenvalue weighted by Gasteiger charge is 2.25. The van der Waals surface area contributed by atoms with Crippen molar-refractivity contribution in [1.82, 2.24) is 14.7 Å². The largest absolute Gasteiger partial charge is 0.340 e. The van der Waals surface area contributed by atoms with E-state index in [9.17, 15) is 4.79 Å². The molecule has 0 aromatic heterocycles. The normalized spacial score (nSPS) is 22.7. The highest BCUT2D eigenvalue weighted by molar-refractivity contribution is 5.76. The van der Waals surface area contributed by atoms with Crippen molar-refractivity contribution in [2.24, 2.45) is 5.92 Å². The molecular weight excluding hydrogens is 252 g/mol. The first-order valence-corrected chi connectivity index (χ1v) is 7.82. The molecular formula is C15H26N4O. The van der Waals surface area contributed by atoms with Gasteiger partial charge in [-0.05, 0) is 38.4 Å². The van der Waals surface area contributed by atoms with Crippen LogP contribution in [0.3, 0.4) is 0 Å². The molecule has 2 aliphatic heterocycles. The molecule has 0 aromatic carbocycles. The number of nitriles is 1. The van der Waals surface area contributed by atoms with Gasteiger partial charge >= 0.3 is 0 Å². The summed E-state index contributed by atoms with van der Waals surface area (Å²) >= 11 is 0. The molecule has 5 heteroatoms. The first-order chi connectivity index (χ1) is 9.72. The van der Waals surface area contributed by atoms with Crippen LogP contribution in [0.2, 0.25) is 0 Å². The Morgan fingerprint density at radius 2 is 1.75 bits per heavy atom. The van der Waals surface area contributed by atoms with Crippen molar-refractivity contribution in [3.05, 3.63) is 0 Å². The zero-order valence-electron chi connectivity index (χ0n) is 12.6. The maximum atomic E-state index is 12.3. The van der Waals surface area contributed by atoms with Crippen molar-refractivity contribution in [3.63, 3.8) is 0 Å². The summed E-state index contributed by atoms with van der Waals surface area (Å²) in [6.07, 6.45) is 2.82. The molecule has 0 N–H and O–H groups in total. The van der Waals surface area contributed by atoms with Crippen LogP contribution in [0.1, 0.15) is 26.2 Å². The number of rotatable bonds is 4. The number of amides is 1. The van der Waals surface area contributed by atoms with Gasteiger partial charge in [-0.2, -0.15) is 5.26 Å². The average molecular weight is 278 g/mol. The summed E-state index contributed by atoms with van der Waals surface area (Å²) in [5.41, 5.74) is 0. The van der Waals surface area contributed by atoms with Crippen LogP contribution in [0.25, 0.3) is 0 Å². The van der Waals surface area contributed by atoms with E-state index in [2.05, 4.69) is 22.8 Å². The van der Waals surface area contributed by atoms with Gasteiger partial charge in [0.05, 0.1) is 12.6 Å². The van der Waals surface area contributed by atoms with Crippen LogP contribution in [0.15, 0.2) is 0 Å². The highest BCUT2D eigenvalue weighted by Crippen LogP contribution is 2.21. The summed E-state index contributed by atoms with van der Waals surface area (Å²) in [7, 11) is 0. The molecule has 0 unspecified atom stereocenters. The zero-order valence-corrected chi connectivity index (χ0v) is 12.6. The number of likely N-dealkylation sites (N-methyl/N-ethyl adjacent to an activating group) is 1. The molecule has 0 spiro atoms. The monoisotopic (exact) mass is 278 g/mol. The number of hydrogen-bond donors (Lipinski definition) is 0. The van der Waals surface area contributed by atoms with Gasteiger partial charge in [0.2, 0.25) is 5.91 Å². The zero-order chi connectivity index (χ0) is 14.4. The predicted molar refractivity (Wildman–Crippen MR) is 78.1 cm³/mol. The Labute approximate surface area is 122 Å². The van der Waals surface area contributed by atoms with Crippen molar-refractivity contribution >= 4 is 5.91 Å². The highest BCUT2D eigenvalue weighted by atomic mass is 16.2. The Balaban J connectivity index is 1.69. The molecule has 20 heavy (non-hydrogen) atoms. The standard InChI is InChI=1S/C15H26N4O/c1-2-17-9-11-19(12-10-17)15(20)13-14-3-6-18(7-4-14)8-5-16/h14H,2-4,6-13H2,1H3. The van der Waals surface area contributed by atoms with E-state index < -0.39 is 0 Å². The van der Waals surface area contributed by atoms with Gasteiger partial charge in [0, 0.05) is 32.6 Å². The van der Waals surface area contributed by atoms with E-state index >= 15 is 0 Å². The minimum atomic E-state index is 0.333. The van der Waals surface area contributed by atoms with Crippen LogP contribution < -0.4 is 0 Å². The molecule has 2 aliphatic rings. The molecule has 0 aromatic rings. The maximum absolute atomic E-state index is 12.3. The summed E-state index contributed by atoms with van der Waals surface area (Å²) in [6, 6.07) is 2.20. The number of hydrogen-bond acceptors (Lipinski definition) is 4. The van der Waals surface area contributed by atoms with E-state index in [1.807, 2.05) is 4.90 Å². The number of nitrogens with zero attached hydrogens (tertiary/aromatic N) is 4. The summed E-state index contributed by atoms with van der Waals surface area (Å²) in [4.78, 5) is 18.9. The third-order valence-corrected chi connectivity index (χ3v) is 4.64. The lowest BCUT2D eigenvalue weighted by atomic mass is 9.93. The Kier molecular flexibility index (Phi) is 5.81. The molecule has 0 radical (unpaired) electrons. The van der Waals surface area contributed by atoms with E-state index in [1.54, 1.807) is 0 Å². The second kappa shape index (κ2) is 7.61. The van der Waals surface area contributed by atoms with E-state index in [-0.39, 0.29) is 0 Å². The van der Waals surface area contributed by atoms with Gasteiger partial charge in [-0.1, -0.05) is 6.92 Å². The number of carbonyl (C=O) groups is 1. The fraction of sp³-hybridized carbons (Fsp3) is 0.867. The minimum Gasteiger partial charge on any atom is -0.340 e. The quantitative estimate of drug-likeness (QED) is 0.713. The second-order valence-electron chi connectivity index (χ2n) is 5.90. The molecule has 112 valence electrons. The fourth-order valence-electron chi connectivity index (χ4n) is 3.14. The van der Waals surface area contributed by atoms with Crippen molar-refractivity contribution in [2.75, 3.05) is 52.4 Å². The summed E-state index contributed by atoms with van der Waals surface area (Å²) in [5, 5.41) is 8.69. The second-order valence-corrected chi connectivity index (χ2v) is 5.90. The van der Waals surface area contributed by atoms with Gasteiger partial charge in [-0.3, -0.25) is 9.69 Å². The van der Waals surface area contributed by atoms with Crippen molar-refractivity contribution in [1.29, 1.82) is 5.26 Å². The van der Waals surface area contributed by atoms with Crippen molar-refractivity contribution in [3.8, 4) is 6.07 Å². The SMILES string of the molecule is CCN1CCN(C(=O)CC2CCN(CC#N)CC2)CC1. The van der Waals surface area contributed by atoms with Gasteiger partial charge in [-0.15, -0.1) is 0 Å². The first kappa shape index (κ1) is 15.3. The average Bonchev–Trinajstić information content (AvgIpc) is 2.49. The molecule has 0 bridgehead atoms. The van der Waals surface area contributed by atoms with E-state index in [1.165, 1.54) is 0 Å². The van der Waals surface area contributed by atoms with Crippen LogP contribution in [0.4, 0.5) is 0 Å². The van der Waals surface area contributed by atoms with E-state index in [0.717, 1.165) is 58.7 Å². The molecule has 5 nitrogen and oxygen atoms in total. The molecule has 2 fully saturated rings. The molecule has 1 amide bonds. The maximum Gasteiger partial charge on any atom is 0.222 e. The van der Waals surface area contributed by atoms with Gasteiger partial charge in [-0.25, -0.2) is 0 Å². The van der Waals surface area contributed by atoms with Crippen molar-refractivity contribution in [2.45, 2.75) is 26.2 Å². The van der Waals surface area contributed by atoms with Gasteiger partial charge in [0.1, 0.15) is 0 Å². The molecule has 2 saturated heterocycles. The van der Waals surface area contributed by atoms with Crippen LogP contribution >= 0.6 is 0 Å². The molecule has 0 saturated carbocycles. The number of piperidine rings is 1. The number of likely N-dealkylation sites (tertiary alicyclic amines) is 1. The minimum absolute atomic E-state index is 0.333. The van der Waals surface area contributed by atoms with Crippen LogP contribution in [-0.4, -0.2) is 73.0 Å². The molecule has 0 aliphatic carbocycles. The third-order valence-electron chi connectivity index (χ3n) is 4.64. The summed E-state index contributed by atoms with van der Waals surface area (Å²) < 4.78 is 0. The number of carbonyl (C=O) groups excluding carboxylic acids is 1. The Bertz CT molecular complexity index is 349. The lowest BCUT2D eigenvalue weighted by Gasteiger charge is -2.36. The smallest absolute Gasteiger partial charge is 0.222 e. The Morgan fingerprint density at radius 3 is 2.30 bits per heavy atom. The predicted octanol–water partition coefficient (Wildman–Crippen LogP) is 0.776. The molecule has 2 rings (SSSR count). The van der Waals surface area contributed by atoms with Gasteiger partial charge in [0.25, 0.3) is 0 Å². The van der Waals surface area contributed by atoms with Crippen LogP contribution in [-0.2, 0) is 4.79 Å². The summed E-state index contributed by atoms with van der Waals surface area (Å²) in [6.45, 7) is 9.53. The topological polar surface area (TPSA) is 50.6 Å². The van der Waals surface area contributed by atoms with E-state index in [0.29, 0.717) is 24.8 Å². The lowest BCUT2D eigenvalue weighted by Crippen LogP contribution is -2.49.